The van der Waals surface area contributed by atoms with E-state index in [1.807, 2.05) is 0 Å². The molecule has 0 saturated heterocycles. The van der Waals surface area contributed by atoms with Crippen LogP contribution in [-0.4, -0.2) is 31.2 Å². The third kappa shape index (κ3) is 5.80. The molecular formula is C20H18O9. The van der Waals surface area contributed by atoms with Crippen molar-refractivity contribution in [1.29, 1.82) is 0 Å². The van der Waals surface area contributed by atoms with E-state index >= 15 is 0 Å². The molecule has 2 rings (SSSR count). The van der Waals surface area contributed by atoms with Crippen LogP contribution in [-0.2, 0) is 19.3 Å². The predicted octanol–water partition coefficient (Wildman–Crippen LogP) is 3.32. The Morgan fingerprint density at radius 1 is 0.724 bits per heavy atom. The van der Waals surface area contributed by atoms with Gasteiger partial charge in [0.05, 0.1) is 13.0 Å². The molecule has 29 heavy (non-hydrogen) atoms. The fraction of sp³-hybridized carbons (Fsp3) is 0.200. The van der Waals surface area contributed by atoms with Crippen molar-refractivity contribution in [3.63, 3.8) is 0 Å². The Labute approximate surface area is 166 Å². The van der Waals surface area contributed by atoms with Crippen LogP contribution < -0.4 is 9.47 Å². The van der Waals surface area contributed by atoms with Crippen LogP contribution in [0, 0.1) is 5.92 Å². The van der Waals surface area contributed by atoms with Gasteiger partial charge in [-0.1, -0.05) is 38.1 Å². The summed E-state index contributed by atoms with van der Waals surface area (Å²) in [6.07, 6.45) is -1.04. The number of carbonyl (C=O) groups is 4. The van der Waals surface area contributed by atoms with Crippen LogP contribution in [0.25, 0.3) is 0 Å². The standard InChI is InChI=1S/C20H18O9/c1-12(2)17(21)26-15-10-6-4-8-13(15)18(22)28-29-19(23)14-9-5-7-11-16(14)27-20(24)25-3/h4-12H,1-3H3. The summed E-state index contributed by atoms with van der Waals surface area (Å²) in [5, 5.41) is 0. The third-order valence-electron chi connectivity index (χ3n) is 3.45. The normalized spacial score (nSPS) is 10.1. The van der Waals surface area contributed by atoms with Gasteiger partial charge in [0.15, 0.2) is 0 Å². The van der Waals surface area contributed by atoms with E-state index in [1.165, 1.54) is 42.5 Å². The summed E-state index contributed by atoms with van der Waals surface area (Å²) in [6, 6.07) is 11.5. The molecular weight excluding hydrogens is 384 g/mol. The molecule has 0 bridgehead atoms. The predicted molar refractivity (Wildman–Crippen MR) is 97.2 cm³/mol. The smallest absolute Gasteiger partial charge is 0.437 e. The molecule has 0 aromatic heterocycles. The van der Waals surface area contributed by atoms with Crippen molar-refractivity contribution in [3.05, 3.63) is 59.7 Å². The van der Waals surface area contributed by atoms with Crippen molar-refractivity contribution in [3.8, 4) is 11.5 Å². The molecule has 0 radical (unpaired) electrons. The first-order valence-electron chi connectivity index (χ1n) is 8.42. The maximum Gasteiger partial charge on any atom is 0.513 e. The summed E-state index contributed by atoms with van der Waals surface area (Å²) in [6.45, 7) is 3.28. The van der Waals surface area contributed by atoms with E-state index in [0.717, 1.165) is 7.11 Å². The van der Waals surface area contributed by atoms with E-state index in [9.17, 15) is 19.2 Å². The Hall–Kier alpha value is -3.88. The summed E-state index contributed by atoms with van der Waals surface area (Å²) >= 11 is 0. The highest BCUT2D eigenvalue weighted by Crippen LogP contribution is 2.22. The average Bonchev–Trinajstić information content (AvgIpc) is 2.72. The van der Waals surface area contributed by atoms with Crippen molar-refractivity contribution in [1.82, 2.24) is 0 Å². The van der Waals surface area contributed by atoms with Crippen molar-refractivity contribution in [2.75, 3.05) is 7.11 Å². The highest BCUT2D eigenvalue weighted by Gasteiger charge is 2.22. The molecule has 9 nitrogen and oxygen atoms in total. The summed E-state index contributed by atoms with van der Waals surface area (Å²) in [4.78, 5) is 56.6. The van der Waals surface area contributed by atoms with Gasteiger partial charge in [-0.2, -0.15) is 0 Å². The molecule has 0 unspecified atom stereocenters. The Morgan fingerprint density at radius 2 is 1.17 bits per heavy atom. The largest absolute Gasteiger partial charge is 0.513 e. The number of rotatable bonds is 5. The number of esters is 1. The van der Waals surface area contributed by atoms with Crippen LogP contribution in [0.4, 0.5) is 4.79 Å². The van der Waals surface area contributed by atoms with Gasteiger partial charge < -0.3 is 14.2 Å². The summed E-state index contributed by atoms with van der Waals surface area (Å²) < 4.78 is 14.3. The highest BCUT2D eigenvalue weighted by atomic mass is 17.2. The number of benzene rings is 2. The molecule has 0 fully saturated rings. The molecule has 0 amide bonds. The van der Waals surface area contributed by atoms with Crippen LogP contribution >= 0.6 is 0 Å². The monoisotopic (exact) mass is 402 g/mol. The van der Waals surface area contributed by atoms with E-state index < -0.39 is 30.0 Å². The summed E-state index contributed by atoms with van der Waals surface area (Å²) in [5.74, 6) is -3.29. The Morgan fingerprint density at radius 3 is 1.62 bits per heavy atom. The molecule has 0 heterocycles. The van der Waals surface area contributed by atoms with E-state index in [-0.39, 0.29) is 22.6 Å². The van der Waals surface area contributed by atoms with E-state index in [2.05, 4.69) is 14.5 Å². The molecule has 2 aromatic carbocycles. The number of hydrogen-bond acceptors (Lipinski definition) is 9. The fourth-order valence-corrected chi connectivity index (χ4v) is 1.97. The van der Waals surface area contributed by atoms with Crippen LogP contribution in [0.1, 0.15) is 34.6 Å². The highest BCUT2D eigenvalue weighted by molar-refractivity contribution is 5.96. The number of para-hydroxylation sites is 2. The van der Waals surface area contributed by atoms with Crippen molar-refractivity contribution in [2.24, 2.45) is 5.92 Å². The third-order valence-corrected chi connectivity index (χ3v) is 3.45. The molecule has 0 aliphatic heterocycles. The topological polar surface area (TPSA) is 114 Å². The average molecular weight is 402 g/mol. The van der Waals surface area contributed by atoms with Crippen LogP contribution in [0.3, 0.4) is 0 Å². The van der Waals surface area contributed by atoms with Gasteiger partial charge in [0, 0.05) is 0 Å². The number of methoxy groups -OCH3 is 1. The Bertz CT molecular complexity index is 918. The van der Waals surface area contributed by atoms with E-state index in [1.54, 1.807) is 19.9 Å². The number of ether oxygens (including phenoxy) is 3. The lowest BCUT2D eigenvalue weighted by atomic mass is 10.2. The van der Waals surface area contributed by atoms with Gasteiger partial charge in [-0.05, 0) is 24.3 Å². The van der Waals surface area contributed by atoms with E-state index in [0.29, 0.717) is 0 Å². The van der Waals surface area contributed by atoms with Gasteiger partial charge in [-0.25, -0.2) is 24.2 Å². The lowest BCUT2D eigenvalue weighted by Crippen LogP contribution is -2.18. The Kier molecular flexibility index (Phi) is 7.30. The van der Waals surface area contributed by atoms with Gasteiger partial charge in [-0.3, -0.25) is 4.79 Å². The first kappa shape index (κ1) is 21.4. The SMILES string of the molecule is COC(=O)Oc1ccccc1C(=O)OOC(=O)c1ccccc1OC(=O)C(C)C. The quantitative estimate of drug-likeness (QED) is 0.244. The second-order valence-corrected chi connectivity index (χ2v) is 5.87. The number of carbonyl (C=O) groups excluding carboxylic acids is 4. The molecule has 0 N–H and O–H groups in total. The van der Waals surface area contributed by atoms with Gasteiger partial charge in [0.1, 0.15) is 22.6 Å². The van der Waals surface area contributed by atoms with Crippen LogP contribution in [0.15, 0.2) is 48.5 Å². The zero-order valence-electron chi connectivity index (χ0n) is 15.9. The van der Waals surface area contributed by atoms with Crippen molar-refractivity contribution < 1.29 is 43.2 Å². The summed E-state index contributed by atoms with van der Waals surface area (Å²) in [7, 11) is 1.11. The second kappa shape index (κ2) is 9.88. The lowest BCUT2D eigenvalue weighted by molar-refractivity contribution is -0.187. The molecule has 0 spiro atoms. The second-order valence-electron chi connectivity index (χ2n) is 5.87. The zero-order valence-corrected chi connectivity index (χ0v) is 15.9. The molecule has 0 aliphatic rings. The fourth-order valence-electron chi connectivity index (χ4n) is 1.97. The summed E-state index contributed by atoms with van der Waals surface area (Å²) in [5.41, 5.74) is -0.293. The van der Waals surface area contributed by atoms with Crippen molar-refractivity contribution >= 4 is 24.1 Å². The van der Waals surface area contributed by atoms with Gasteiger partial charge in [-0.15, -0.1) is 0 Å². The number of hydrogen-bond donors (Lipinski definition) is 0. The zero-order chi connectivity index (χ0) is 21.4. The minimum atomic E-state index is -1.09. The first-order valence-corrected chi connectivity index (χ1v) is 8.42. The van der Waals surface area contributed by atoms with E-state index in [4.69, 9.17) is 9.47 Å². The van der Waals surface area contributed by atoms with Gasteiger partial charge >= 0.3 is 24.1 Å². The van der Waals surface area contributed by atoms with Crippen LogP contribution in [0.2, 0.25) is 0 Å². The minimum absolute atomic E-state index is 0.0401. The van der Waals surface area contributed by atoms with Gasteiger partial charge in [0.2, 0.25) is 0 Å². The van der Waals surface area contributed by atoms with Gasteiger partial charge in [0.25, 0.3) is 0 Å². The molecule has 0 atom stereocenters. The van der Waals surface area contributed by atoms with Crippen LogP contribution in [0.5, 0.6) is 11.5 Å². The molecule has 0 aliphatic carbocycles. The Balaban J connectivity index is 2.10. The molecule has 152 valence electrons. The van der Waals surface area contributed by atoms with Crippen molar-refractivity contribution in [2.45, 2.75) is 13.8 Å². The maximum atomic E-state index is 12.3. The maximum absolute atomic E-state index is 12.3. The minimum Gasteiger partial charge on any atom is -0.437 e. The molecule has 9 heteroatoms. The molecule has 2 aromatic rings. The molecule has 0 saturated carbocycles. The lowest BCUT2D eigenvalue weighted by Gasteiger charge is -2.11. The first-order chi connectivity index (χ1) is 13.8.